The Kier molecular flexibility index (Phi) is 5.15. The van der Waals surface area contributed by atoms with Gasteiger partial charge >= 0.3 is 0 Å². The zero-order chi connectivity index (χ0) is 17.9. The van der Waals surface area contributed by atoms with Crippen molar-refractivity contribution >= 4 is 10.0 Å². The Morgan fingerprint density at radius 2 is 1.64 bits per heavy atom. The van der Waals surface area contributed by atoms with Gasteiger partial charge in [-0.1, -0.05) is 12.1 Å². The number of pyridine rings is 1. The number of nitrogens with zero attached hydrogens (tertiary/aromatic N) is 1. The second-order valence-electron chi connectivity index (χ2n) is 6.38. The molecule has 0 aliphatic heterocycles. The molecule has 4 nitrogen and oxygen atoms in total. The van der Waals surface area contributed by atoms with Gasteiger partial charge in [0.05, 0.1) is 4.90 Å². The van der Waals surface area contributed by atoms with E-state index < -0.39 is 15.9 Å². The summed E-state index contributed by atoms with van der Waals surface area (Å²) in [6.45, 7) is 0.185. The van der Waals surface area contributed by atoms with E-state index in [1.54, 1.807) is 36.7 Å². The summed E-state index contributed by atoms with van der Waals surface area (Å²) in [7, 11) is -3.61. The lowest BCUT2D eigenvalue weighted by atomic mass is 9.82. The Morgan fingerprint density at radius 1 is 1.04 bits per heavy atom. The third-order valence-corrected chi connectivity index (χ3v) is 6.01. The Hall–Kier alpha value is -1.86. The van der Waals surface area contributed by atoms with E-state index in [9.17, 15) is 17.2 Å². The summed E-state index contributed by atoms with van der Waals surface area (Å²) in [4.78, 5) is 4.06. The highest BCUT2D eigenvalue weighted by atomic mass is 32.2. The van der Waals surface area contributed by atoms with E-state index in [0.717, 1.165) is 11.1 Å². The van der Waals surface area contributed by atoms with Gasteiger partial charge in [-0.15, -0.1) is 0 Å². The van der Waals surface area contributed by atoms with Crippen molar-refractivity contribution in [3.05, 3.63) is 59.9 Å². The number of aromatic nitrogens is 1. The van der Waals surface area contributed by atoms with Crippen molar-refractivity contribution in [3.8, 4) is 0 Å². The van der Waals surface area contributed by atoms with Crippen LogP contribution in [-0.2, 0) is 16.6 Å². The standard InChI is InChI=1S/C18H20F2N2O2S/c19-18(20)9-5-16(6-10-18)15-1-3-17(4-2-15)25(23,24)22-13-14-7-11-21-12-8-14/h1-4,7-8,11-12,16,22H,5-6,9-10,13H2. The van der Waals surface area contributed by atoms with Crippen LogP contribution in [-0.4, -0.2) is 19.3 Å². The van der Waals surface area contributed by atoms with Gasteiger partial charge in [0.1, 0.15) is 0 Å². The molecule has 1 aliphatic rings. The Labute approximate surface area is 146 Å². The van der Waals surface area contributed by atoms with Crippen molar-refractivity contribution in [3.63, 3.8) is 0 Å². The summed E-state index contributed by atoms with van der Waals surface area (Å²) in [6, 6.07) is 10.0. The Bertz CT molecular complexity index is 799. The molecule has 7 heteroatoms. The molecule has 3 rings (SSSR count). The van der Waals surface area contributed by atoms with E-state index in [4.69, 9.17) is 0 Å². The molecule has 134 valence electrons. The van der Waals surface area contributed by atoms with Gasteiger partial charge in [-0.05, 0) is 54.2 Å². The highest BCUT2D eigenvalue weighted by Gasteiger charge is 2.35. The first-order valence-corrected chi connectivity index (χ1v) is 9.70. The SMILES string of the molecule is O=S(=O)(NCc1ccncc1)c1ccc(C2CCC(F)(F)CC2)cc1. The molecule has 0 unspecified atom stereocenters. The van der Waals surface area contributed by atoms with Crippen LogP contribution in [0.1, 0.15) is 42.7 Å². The summed E-state index contributed by atoms with van der Waals surface area (Å²) in [6.07, 6.45) is 3.85. The first kappa shape index (κ1) is 17.9. The number of sulfonamides is 1. The smallest absolute Gasteiger partial charge is 0.248 e. The second-order valence-corrected chi connectivity index (χ2v) is 8.15. The van der Waals surface area contributed by atoms with Crippen LogP contribution in [0.3, 0.4) is 0 Å². The Balaban J connectivity index is 1.65. The molecular formula is C18H20F2N2O2S. The minimum Gasteiger partial charge on any atom is -0.265 e. The monoisotopic (exact) mass is 366 g/mol. The van der Waals surface area contributed by atoms with Crippen LogP contribution in [0.15, 0.2) is 53.7 Å². The molecule has 1 aromatic carbocycles. The number of alkyl halides is 2. The Morgan fingerprint density at radius 3 is 2.24 bits per heavy atom. The third-order valence-electron chi connectivity index (χ3n) is 4.59. The fourth-order valence-electron chi connectivity index (χ4n) is 3.05. The van der Waals surface area contributed by atoms with Crippen LogP contribution in [0.5, 0.6) is 0 Å². The van der Waals surface area contributed by atoms with Crippen molar-refractivity contribution in [2.45, 2.75) is 49.0 Å². The number of halogens is 2. The average molecular weight is 366 g/mol. The number of hydrogen-bond acceptors (Lipinski definition) is 3. The zero-order valence-corrected chi connectivity index (χ0v) is 14.5. The molecule has 1 heterocycles. The number of benzene rings is 1. The molecule has 0 bridgehead atoms. The summed E-state index contributed by atoms with van der Waals surface area (Å²) >= 11 is 0. The van der Waals surface area contributed by atoms with Gasteiger partial charge in [-0.25, -0.2) is 21.9 Å². The van der Waals surface area contributed by atoms with Gasteiger partial charge in [0.25, 0.3) is 0 Å². The van der Waals surface area contributed by atoms with E-state index in [1.807, 2.05) is 0 Å². The molecular weight excluding hydrogens is 346 g/mol. The van der Waals surface area contributed by atoms with E-state index >= 15 is 0 Å². The minimum atomic E-state index is -3.61. The van der Waals surface area contributed by atoms with Crippen molar-refractivity contribution in [1.82, 2.24) is 9.71 Å². The quantitative estimate of drug-likeness (QED) is 0.874. The van der Waals surface area contributed by atoms with Crippen LogP contribution in [0.25, 0.3) is 0 Å². The van der Waals surface area contributed by atoms with Gasteiger partial charge in [0.15, 0.2) is 0 Å². The summed E-state index contributed by atoms with van der Waals surface area (Å²) in [5.74, 6) is -2.49. The molecule has 0 radical (unpaired) electrons. The van der Waals surface area contributed by atoms with Crippen molar-refractivity contribution in [2.75, 3.05) is 0 Å². The first-order chi connectivity index (χ1) is 11.9. The normalized spacial score (nSPS) is 18.2. The summed E-state index contributed by atoms with van der Waals surface area (Å²) in [5, 5.41) is 0. The van der Waals surface area contributed by atoms with Crippen molar-refractivity contribution < 1.29 is 17.2 Å². The lowest BCUT2D eigenvalue weighted by Gasteiger charge is -2.28. The van der Waals surface area contributed by atoms with Gasteiger partial charge in [0, 0.05) is 31.8 Å². The van der Waals surface area contributed by atoms with Gasteiger partial charge in [-0.2, -0.15) is 0 Å². The zero-order valence-electron chi connectivity index (χ0n) is 13.7. The maximum absolute atomic E-state index is 13.2. The van der Waals surface area contributed by atoms with Gasteiger partial charge in [0.2, 0.25) is 15.9 Å². The fourth-order valence-corrected chi connectivity index (χ4v) is 4.07. The molecule has 2 aromatic rings. The molecule has 0 atom stereocenters. The predicted octanol–water partition coefficient (Wildman–Crippen LogP) is 3.85. The molecule has 0 saturated heterocycles. The molecule has 0 spiro atoms. The van der Waals surface area contributed by atoms with Crippen LogP contribution >= 0.6 is 0 Å². The van der Waals surface area contributed by atoms with Crippen LogP contribution in [0.2, 0.25) is 0 Å². The highest BCUT2D eigenvalue weighted by Crippen LogP contribution is 2.40. The largest absolute Gasteiger partial charge is 0.265 e. The second kappa shape index (κ2) is 7.17. The summed E-state index contributed by atoms with van der Waals surface area (Å²) < 4.78 is 53.7. The maximum atomic E-state index is 13.2. The summed E-state index contributed by atoms with van der Waals surface area (Å²) in [5.41, 5.74) is 1.74. The topological polar surface area (TPSA) is 59.1 Å². The molecule has 1 N–H and O–H groups in total. The third kappa shape index (κ3) is 4.61. The first-order valence-electron chi connectivity index (χ1n) is 8.22. The number of hydrogen-bond donors (Lipinski definition) is 1. The molecule has 1 aliphatic carbocycles. The number of nitrogens with one attached hydrogen (secondary N) is 1. The van der Waals surface area contributed by atoms with Crippen LogP contribution < -0.4 is 4.72 Å². The molecule has 1 aromatic heterocycles. The number of rotatable bonds is 5. The lowest BCUT2D eigenvalue weighted by Crippen LogP contribution is -2.24. The lowest BCUT2D eigenvalue weighted by molar-refractivity contribution is -0.0382. The minimum absolute atomic E-state index is 0.0705. The van der Waals surface area contributed by atoms with Gasteiger partial charge < -0.3 is 0 Å². The van der Waals surface area contributed by atoms with Crippen LogP contribution in [0, 0.1) is 0 Å². The van der Waals surface area contributed by atoms with Gasteiger partial charge in [-0.3, -0.25) is 4.98 Å². The van der Waals surface area contributed by atoms with E-state index in [1.165, 1.54) is 12.1 Å². The molecule has 1 fully saturated rings. The highest BCUT2D eigenvalue weighted by molar-refractivity contribution is 7.89. The van der Waals surface area contributed by atoms with E-state index in [2.05, 4.69) is 9.71 Å². The molecule has 25 heavy (non-hydrogen) atoms. The average Bonchev–Trinajstić information content (AvgIpc) is 2.61. The van der Waals surface area contributed by atoms with E-state index in [-0.39, 0.29) is 30.2 Å². The fraction of sp³-hybridized carbons (Fsp3) is 0.389. The van der Waals surface area contributed by atoms with Crippen molar-refractivity contribution in [2.24, 2.45) is 0 Å². The molecule has 1 saturated carbocycles. The predicted molar refractivity (Wildman–Crippen MR) is 90.9 cm³/mol. The van der Waals surface area contributed by atoms with Crippen molar-refractivity contribution in [1.29, 1.82) is 0 Å². The maximum Gasteiger partial charge on any atom is 0.248 e. The van der Waals surface area contributed by atoms with Crippen LogP contribution in [0.4, 0.5) is 8.78 Å². The van der Waals surface area contributed by atoms with E-state index in [0.29, 0.717) is 12.8 Å². The molecule has 0 amide bonds.